The van der Waals surface area contributed by atoms with Crippen LogP contribution in [0.4, 0.5) is 5.69 Å². The maximum absolute atomic E-state index is 12.0. The molecular weight excluding hydrogens is 294 g/mol. The molecule has 0 saturated carbocycles. The molecule has 1 rings (SSSR count). The van der Waals surface area contributed by atoms with Gasteiger partial charge in [0.05, 0.1) is 32.3 Å². The lowest BCUT2D eigenvalue weighted by molar-refractivity contribution is -0.136. The van der Waals surface area contributed by atoms with Gasteiger partial charge in [-0.05, 0) is 24.3 Å². The van der Waals surface area contributed by atoms with Crippen molar-refractivity contribution in [3.05, 3.63) is 24.3 Å². The summed E-state index contributed by atoms with van der Waals surface area (Å²) < 4.78 is 4.97. The molecule has 0 heterocycles. The Hall–Kier alpha value is -1.71. The standard InChI is InChI=1S/C14H21NO7/c1-22-9-4-2-8(3-5-9)15-14(21)10(6-16)12(19)13(20)11(18)7-17/h2-5,10-13,16-20H,6-7H2,1H3,(H,15,21)/t10-,11-,12-,13-/m1/s1. The van der Waals surface area contributed by atoms with E-state index in [2.05, 4.69) is 5.32 Å². The van der Waals surface area contributed by atoms with Crippen LogP contribution < -0.4 is 10.1 Å². The number of carbonyl (C=O) groups is 1. The lowest BCUT2D eigenvalue weighted by Crippen LogP contribution is -2.48. The summed E-state index contributed by atoms with van der Waals surface area (Å²) >= 11 is 0. The maximum atomic E-state index is 12.0. The lowest BCUT2D eigenvalue weighted by Gasteiger charge is -2.27. The molecule has 1 amide bonds. The van der Waals surface area contributed by atoms with E-state index in [-0.39, 0.29) is 0 Å². The molecule has 22 heavy (non-hydrogen) atoms. The highest BCUT2D eigenvalue weighted by molar-refractivity contribution is 5.93. The van der Waals surface area contributed by atoms with Gasteiger partial charge in [-0.25, -0.2) is 0 Å². The Bertz CT molecular complexity index is 465. The van der Waals surface area contributed by atoms with Crippen LogP contribution in [0.2, 0.25) is 0 Å². The van der Waals surface area contributed by atoms with E-state index in [0.717, 1.165) is 0 Å². The SMILES string of the molecule is COc1ccc(NC(=O)[C@H](CO)[C@@H](O)[C@H](O)[C@H](O)CO)cc1. The number of aliphatic hydroxyl groups is 5. The van der Waals surface area contributed by atoms with E-state index >= 15 is 0 Å². The minimum absolute atomic E-state index is 0.411. The van der Waals surface area contributed by atoms with Crippen LogP contribution in [-0.2, 0) is 4.79 Å². The van der Waals surface area contributed by atoms with Crippen LogP contribution in [0.15, 0.2) is 24.3 Å². The van der Waals surface area contributed by atoms with Gasteiger partial charge in [-0.2, -0.15) is 0 Å². The van der Waals surface area contributed by atoms with Gasteiger partial charge in [-0.15, -0.1) is 0 Å². The number of hydrogen-bond acceptors (Lipinski definition) is 7. The Kier molecular flexibility index (Phi) is 7.22. The number of carbonyl (C=O) groups excluding carboxylic acids is 1. The molecule has 0 aliphatic carbocycles. The Morgan fingerprint density at radius 2 is 1.68 bits per heavy atom. The second kappa shape index (κ2) is 8.66. The van der Waals surface area contributed by atoms with Crippen molar-refractivity contribution < 1.29 is 35.1 Å². The molecule has 8 nitrogen and oxygen atoms in total. The molecule has 1 aromatic rings. The first-order valence-corrected chi connectivity index (χ1v) is 6.65. The summed E-state index contributed by atoms with van der Waals surface area (Å²) in [6.45, 7) is -1.52. The fraction of sp³-hybridized carbons (Fsp3) is 0.500. The van der Waals surface area contributed by atoms with Gasteiger partial charge < -0.3 is 35.6 Å². The predicted octanol–water partition coefficient (Wildman–Crippen LogP) is -1.68. The van der Waals surface area contributed by atoms with Gasteiger partial charge in [-0.3, -0.25) is 4.79 Å². The van der Waals surface area contributed by atoms with Crippen LogP contribution in [0, 0.1) is 5.92 Å². The zero-order valence-corrected chi connectivity index (χ0v) is 12.1. The third-order valence-corrected chi connectivity index (χ3v) is 3.23. The minimum Gasteiger partial charge on any atom is -0.497 e. The third kappa shape index (κ3) is 4.65. The molecule has 0 aromatic heterocycles. The molecule has 8 heteroatoms. The Labute approximate surface area is 127 Å². The quantitative estimate of drug-likeness (QED) is 0.337. The molecule has 0 unspecified atom stereocenters. The summed E-state index contributed by atoms with van der Waals surface area (Å²) in [5.74, 6) is -1.50. The van der Waals surface area contributed by atoms with Crippen molar-refractivity contribution in [1.29, 1.82) is 0 Å². The molecule has 4 atom stereocenters. The van der Waals surface area contributed by atoms with E-state index < -0.39 is 43.4 Å². The number of amides is 1. The fourth-order valence-corrected chi connectivity index (χ4v) is 1.83. The highest BCUT2D eigenvalue weighted by atomic mass is 16.5. The smallest absolute Gasteiger partial charge is 0.232 e. The zero-order chi connectivity index (χ0) is 16.7. The van der Waals surface area contributed by atoms with Gasteiger partial charge in [0.15, 0.2) is 0 Å². The monoisotopic (exact) mass is 315 g/mol. The first kappa shape index (κ1) is 18.3. The van der Waals surface area contributed by atoms with Crippen LogP contribution >= 0.6 is 0 Å². The van der Waals surface area contributed by atoms with Gasteiger partial charge in [0.1, 0.15) is 18.0 Å². The van der Waals surface area contributed by atoms with E-state index in [9.17, 15) is 25.2 Å². The molecule has 1 aromatic carbocycles. The average molecular weight is 315 g/mol. The first-order valence-electron chi connectivity index (χ1n) is 6.65. The molecule has 6 N–H and O–H groups in total. The Morgan fingerprint density at radius 3 is 2.14 bits per heavy atom. The Balaban J connectivity index is 2.74. The highest BCUT2D eigenvalue weighted by Gasteiger charge is 2.35. The minimum atomic E-state index is -1.76. The number of benzene rings is 1. The van der Waals surface area contributed by atoms with Crippen molar-refractivity contribution in [3.8, 4) is 5.75 Å². The number of nitrogens with one attached hydrogen (secondary N) is 1. The normalized spacial score (nSPS) is 16.5. The maximum Gasteiger partial charge on any atom is 0.232 e. The van der Waals surface area contributed by atoms with Crippen LogP contribution in [0.5, 0.6) is 5.75 Å². The number of anilines is 1. The first-order chi connectivity index (χ1) is 10.4. The van der Waals surface area contributed by atoms with Gasteiger partial charge in [0, 0.05) is 5.69 Å². The van der Waals surface area contributed by atoms with Crippen molar-refractivity contribution in [1.82, 2.24) is 0 Å². The highest BCUT2D eigenvalue weighted by Crippen LogP contribution is 2.18. The van der Waals surface area contributed by atoms with Crippen LogP contribution in [0.1, 0.15) is 0 Å². The third-order valence-electron chi connectivity index (χ3n) is 3.23. The van der Waals surface area contributed by atoms with Crippen LogP contribution in [0.25, 0.3) is 0 Å². The molecule has 0 spiro atoms. The van der Waals surface area contributed by atoms with Crippen molar-refractivity contribution in [2.45, 2.75) is 18.3 Å². The van der Waals surface area contributed by atoms with Crippen molar-refractivity contribution in [3.63, 3.8) is 0 Å². The number of aliphatic hydroxyl groups excluding tert-OH is 5. The second-order valence-electron chi connectivity index (χ2n) is 4.74. The molecule has 0 fully saturated rings. The predicted molar refractivity (Wildman–Crippen MR) is 77.3 cm³/mol. The zero-order valence-electron chi connectivity index (χ0n) is 12.1. The fourth-order valence-electron chi connectivity index (χ4n) is 1.83. The molecular formula is C14H21NO7. The van der Waals surface area contributed by atoms with E-state index in [1.165, 1.54) is 7.11 Å². The summed E-state index contributed by atoms with van der Waals surface area (Å²) in [5.41, 5.74) is 0.411. The van der Waals surface area contributed by atoms with Crippen molar-refractivity contribution in [2.75, 3.05) is 25.6 Å². The number of hydrogen-bond donors (Lipinski definition) is 6. The van der Waals surface area contributed by atoms with Crippen molar-refractivity contribution in [2.24, 2.45) is 5.92 Å². The summed E-state index contributed by atoms with van der Waals surface area (Å²) in [4.78, 5) is 12.0. The number of ether oxygens (including phenoxy) is 1. The van der Waals surface area contributed by atoms with E-state index in [0.29, 0.717) is 11.4 Å². The van der Waals surface area contributed by atoms with Crippen LogP contribution in [-0.4, -0.2) is 70.1 Å². The summed E-state index contributed by atoms with van der Waals surface area (Å²) in [7, 11) is 1.50. The van der Waals surface area contributed by atoms with E-state index in [4.69, 9.17) is 9.84 Å². The number of methoxy groups -OCH3 is 1. The topological polar surface area (TPSA) is 139 Å². The van der Waals surface area contributed by atoms with Gasteiger partial charge in [-0.1, -0.05) is 0 Å². The summed E-state index contributed by atoms with van der Waals surface area (Å²) in [6, 6.07) is 6.36. The lowest BCUT2D eigenvalue weighted by atomic mass is 9.94. The van der Waals surface area contributed by atoms with Crippen LogP contribution in [0.3, 0.4) is 0 Å². The number of rotatable bonds is 8. The molecule has 0 radical (unpaired) electrons. The largest absolute Gasteiger partial charge is 0.497 e. The van der Waals surface area contributed by atoms with E-state index in [1.54, 1.807) is 24.3 Å². The van der Waals surface area contributed by atoms with Gasteiger partial charge in [0.25, 0.3) is 0 Å². The molecule has 0 bridgehead atoms. The van der Waals surface area contributed by atoms with Gasteiger partial charge in [0.2, 0.25) is 5.91 Å². The van der Waals surface area contributed by atoms with E-state index in [1.807, 2.05) is 0 Å². The average Bonchev–Trinajstić information content (AvgIpc) is 2.54. The Morgan fingerprint density at radius 1 is 1.09 bits per heavy atom. The molecule has 124 valence electrons. The van der Waals surface area contributed by atoms with Gasteiger partial charge >= 0.3 is 0 Å². The summed E-state index contributed by atoms with van der Waals surface area (Å²) in [5, 5.41) is 49.2. The molecule has 0 aliphatic heterocycles. The molecule has 0 aliphatic rings. The summed E-state index contributed by atoms with van der Waals surface area (Å²) in [6.07, 6.45) is -5.10. The van der Waals surface area contributed by atoms with Crippen molar-refractivity contribution >= 4 is 11.6 Å². The molecule has 0 saturated heterocycles. The second-order valence-corrected chi connectivity index (χ2v) is 4.74.